The maximum absolute atomic E-state index is 11.7. The van der Waals surface area contributed by atoms with E-state index in [0.29, 0.717) is 13.2 Å². The number of esters is 2. The number of likely N-dealkylation sites (tertiary alicyclic amines) is 1. The van der Waals surface area contributed by atoms with E-state index < -0.39 is 0 Å². The fraction of sp³-hybridized carbons (Fsp3) is 0.800. The van der Waals surface area contributed by atoms with E-state index in [0.717, 1.165) is 38.4 Å². The van der Waals surface area contributed by atoms with Gasteiger partial charge in [-0.25, -0.2) is 0 Å². The standard InChI is InChI=1S/C15H27N3O4.HI/c1-4-16-15(17-9-6-13(19)21-3)18-10-7-12(8-11-18)14(20)22-5-2;/h12H,4-11H2,1-3H3,(H,16,17);1H. The Morgan fingerprint density at radius 2 is 1.91 bits per heavy atom. The molecule has 8 heteroatoms. The van der Waals surface area contributed by atoms with Crippen molar-refractivity contribution in [3.8, 4) is 0 Å². The zero-order valence-electron chi connectivity index (χ0n) is 14.2. The molecule has 0 saturated carbocycles. The minimum atomic E-state index is -0.263. The van der Waals surface area contributed by atoms with E-state index in [2.05, 4.69) is 19.9 Å². The average molecular weight is 441 g/mol. The minimum Gasteiger partial charge on any atom is -0.469 e. The molecular formula is C15H28IN3O4. The Balaban J connectivity index is 0.00000484. The first kappa shape index (κ1) is 21.9. The summed E-state index contributed by atoms with van der Waals surface area (Å²) in [6.45, 7) is 6.92. The first-order chi connectivity index (χ1) is 10.6. The molecule has 1 heterocycles. The van der Waals surface area contributed by atoms with Gasteiger partial charge in [-0.2, -0.15) is 0 Å². The van der Waals surface area contributed by atoms with Gasteiger partial charge in [-0.3, -0.25) is 14.6 Å². The van der Waals surface area contributed by atoms with Crippen LogP contribution in [-0.2, 0) is 19.1 Å². The predicted molar refractivity (Wildman–Crippen MR) is 99.0 cm³/mol. The van der Waals surface area contributed by atoms with Crippen LogP contribution in [0.3, 0.4) is 0 Å². The van der Waals surface area contributed by atoms with Gasteiger partial charge in [0.2, 0.25) is 0 Å². The molecule has 23 heavy (non-hydrogen) atoms. The molecular weight excluding hydrogens is 413 g/mol. The fourth-order valence-corrected chi connectivity index (χ4v) is 2.37. The number of piperidine rings is 1. The first-order valence-electron chi connectivity index (χ1n) is 7.89. The largest absolute Gasteiger partial charge is 0.469 e. The van der Waals surface area contributed by atoms with Crippen LogP contribution in [0.2, 0.25) is 0 Å². The molecule has 1 rings (SSSR count). The number of carbonyl (C=O) groups is 2. The van der Waals surface area contributed by atoms with Gasteiger partial charge in [0.05, 0.1) is 32.6 Å². The van der Waals surface area contributed by atoms with Gasteiger partial charge in [0, 0.05) is 19.6 Å². The van der Waals surface area contributed by atoms with Crippen LogP contribution in [0.1, 0.15) is 33.1 Å². The number of hydrogen-bond donors (Lipinski definition) is 1. The van der Waals surface area contributed by atoms with E-state index in [9.17, 15) is 9.59 Å². The number of ether oxygens (including phenoxy) is 2. The van der Waals surface area contributed by atoms with Crippen molar-refractivity contribution in [1.82, 2.24) is 10.2 Å². The lowest BCUT2D eigenvalue weighted by molar-refractivity contribution is -0.149. The maximum atomic E-state index is 11.7. The van der Waals surface area contributed by atoms with Crippen LogP contribution in [0.25, 0.3) is 0 Å². The molecule has 0 bridgehead atoms. The summed E-state index contributed by atoms with van der Waals surface area (Å²) < 4.78 is 9.68. The van der Waals surface area contributed by atoms with E-state index in [1.165, 1.54) is 7.11 Å². The Kier molecular flexibility index (Phi) is 11.8. The quantitative estimate of drug-likeness (QED) is 0.291. The molecule has 1 aliphatic heterocycles. The second-order valence-corrected chi connectivity index (χ2v) is 5.08. The molecule has 0 aromatic carbocycles. The average Bonchev–Trinajstić information content (AvgIpc) is 2.54. The normalized spacial score (nSPS) is 15.6. The van der Waals surface area contributed by atoms with Crippen LogP contribution in [0.15, 0.2) is 4.99 Å². The van der Waals surface area contributed by atoms with Crippen LogP contribution < -0.4 is 5.32 Å². The highest BCUT2D eigenvalue weighted by Crippen LogP contribution is 2.18. The lowest BCUT2D eigenvalue weighted by Gasteiger charge is -2.33. The summed E-state index contributed by atoms with van der Waals surface area (Å²) in [5.41, 5.74) is 0. The number of guanidine groups is 1. The Morgan fingerprint density at radius 3 is 2.43 bits per heavy atom. The molecule has 0 spiro atoms. The van der Waals surface area contributed by atoms with E-state index in [-0.39, 0.29) is 48.3 Å². The van der Waals surface area contributed by atoms with E-state index in [4.69, 9.17) is 4.74 Å². The van der Waals surface area contributed by atoms with Gasteiger partial charge in [0.25, 0.3) is 0 Å². The summed E-state index contributed by atoms with van der Waals surface area (Å²) in [6.07, 6.45) is 1.80. The molecule has 0 aromatic heterocycles. The molecule has 7 nitrogen and oxygen atoms in total. The summed E-state index contributed by atoms with van der Waals surface area (Å²) in [5.74, 6) is 0.401. The van der Waals surface area contributed by atoms with Gasteiger partial charge in [0.1, 0.15) is 0 Å². The zero-order chi connectivity index (χ0) is 16.4. The number of methoxy groups -OCH3 is 1. The van der Waals surface area contributed by atoms with Crippen molar-refractivity contribution >= 4 is 41.9 Å². The van der Waals surface area contributed by atoms with Gasteiger partial charge in [-0.05, 0) is 26.7 Å². The number of nitrogens with one attached hydrogen (secondary N) is 1. The summed E-state index contributed by atoms with van der Waals surface area (Å²) in [7, 11) is 1.37. The Morgan fingerprint density at radius 1 is 1.26 bits per heavy atom. The summed E-state index contributed by atoms with van der Waals surface area (Å²) in [6, 6.07) is 0. The smallest absolute Gasteiger partial charge is 0.309 e. The van der Waals surface area contributed by atoms with Crippen LogP contribution in [-0.4, -0.2) is 62.7 Å². The fourth-order valence-electron chi connectivity index (χ4n) is 2.37. The zero-order valence-corrected chi connectivity index (χ0v) is 16.5. The number of aliphatic imine (C=N–C) groups is 1. The predicted octanol–water partition coefficient (Wildman–Crippen LogP) is 1.41. The topological polar surface area (TPSA) is 80.2 Å². The van der Waals surface area contributed by atoms with Crippen LogP contribution >= 0.6 is 24.0 Å². The molecule has 0 aromatic rings. The van der Waals surface area contributed by atoms with Crippen molar-refractivity contribution in [1.29, 1.82) is 0 Å². The molecule has 0 radical (unpaired) electrons. The third-order valence-corrected chi connectivity index (χ3v) is 3.55. The summed E-state index contributed by atoms with van der Waals surface area (Å²) in [4.78, 5) is 29.4. The Bertz CT molecular complexity index is 396. The number of rotatable bonds is 6. The molecule has 1 fully saturated rings. The molecule has 0 atom stereocenters. The molecule has 1 saturated heterocycles. The maximum Gasteiger partial charge on any atom is 0.309 e. The summed E-state index contributed by atoms with van der Waals surface area (Å²) >= 11 is 0. The van der Waals surface area contributed by atoms with Gasteiger partial charge < -0.3 is 19.7 Å². The molecule has 134 valence electrons. The Hall–Kier alpha value is -1.06. The first-order valence-corrected chi connectivity index (χ1v) is 7.89. The highest BCUT2D eigenvalue weighted by atomic mass is 127. The monoisotopic (exact) mass is 441 g/mol. The Labute approximate surface area is 155 Å². The molecule has 0 aliphatic carbocycles. The number of hydrogen-bond acceptors (Lipinski definition) is 5. The van der Waals surface area contributed by atoms with Crippen molar-refractivity contribution in [2.75, 3.05) is 39.9 Å². The van der Waals surface area contributed by atoms with Crippen LogP contribution in [0.4, 0.5) is 0 Å². The second-order valence-electron chi connectivity index (χ2n) is 5.08. The van der Waals surface area contributed by atoms with Gasteiger partial charge in [-0.15, -0.1) is 24.0 Å². The van der Waals surface area contributed by atoms with Crippen molar-refractivity contribution in [3.05, 3.63) is 0 Å². The van der Waals surface area contributed by atoms with E-state index in [1.54, 1.807) is 0 Å². The SMILES string of the molecule is CCNC(=NCCC(=O)OC)N1CCC(C(=O)OCC)CC1.I. The number of carbonyl (C=O) groups excluding carboxylic acids is 2. The van der Waals surface area contributed by atoms with Crippen LogP contribution in [0.5, 0.6) is 0 Å². The van der Waals surface area contributed by atoms with Crippen molar-refractivity contribution < 1.29 is 19.1 Å². The van der Waals surface area contributed by atoms with E-state index in [1.807, 2.05) is 13.8 Å². The third-order valence-electron chi connectivity index (χ3n) is 3.55. The highest BCUT2D eigenvalue weighted by molar-refractivity contribution is 14.0. The van der Waals surface area contributed by atoms with Crippen molar-refractivity contribution in [2.24, 2.45) is 10.9 Å². The highest BCUT2D eigenvalue weighted by Gasteiger charge is 2.27. The molecule has 0 unspecified atom stereocenters. The molecule has 1 aliphatic rings. The van der Waals surface area contributed by atoms with Gasteiger partial charge >= 0.3 is 11.9 Å². The van der Waals surface area contributed by atoms with Crippen LogP contribution in [0, 0.1) is 5.92 Å². The third kappa shape index (κ3) is 7.85. The lowest BCUT2D eigenvalue weighted by Crippen LogP contribution is -2.46. The van der Waals surface area contributed by atoms with E-state index >= 15 is 0 Å². The number of halogens is 1. The lowest BCUT2D eigenvalue weighted by atomic mass is 9.97. The van der Waals surface area contributed by atoms with Crippen molar-refractivity contribution in [2.45, 2.75) is 33.1 Å². The summed E-state index contributed by atoms with van der Waals surface area (Å²) in [5, 5.41) is 3.22. The molecule has 0 amide bonds. The van der Waals surface area contributed by atoms with Gasteiger partial charge in [-0.1, -0.05) is 0 Å². The number of nitrogens with zero attached hydrogens (tertiary/aromatic N) is 2. The minimum absolute atomic E-state index is 0. The van der Waals surface area contributed by atoms with Crippen molar-refractivity contribution in [3.63, 3.8) is 0 Å². The second kappa shape index (κ2) is 12.4. The van der Waals surface area contributed by atoms with Gasteiger partial charge in [0.15, 0.2) is 5.96 Å². The molecule has 1 N–H and O–H groups in total.